The lowest BCUT2D eigenvalue weighted by Gasteiger charge is -2.25. The molecule has 2 aromatic carbocycles. The third-order valence-electron chi connectivity index (χ3n) is 4.58. The fourth-order valence-electron chi connectivity index (χ4n) is 3.07. The van der Waals surface area contributed by atoms with Crippen LogP contribution in [0, 0.1) is 0 Å². The topological polar surface area (TPSA) is 72.6 Å². The summed E-state index contributed by atoms with van der Waals surface area (Å²) in [6.45, 7) is 0.687. The number of nitrogens with zero attached hydrogens (tertiary/aromatic N) is 2. The van der Waals surface area contributed by atoms with Crippen LogP contribution >= 0.6 is 0 Å². The highest BCUT2D eigenvalue weighted by molar-refractivity contribution is 7.89. The zero-order valence-corrected chi connectivity index (χ0v) is 15.1. The van der Waals surface area contributed by atoms with Gasteiger partial charge in [0.15, 0.2) is 0 Å². The van der Waals surface area contributed by atoms with Gasteiger partial charge in [-0.2, -0.15) is 4.31 Å². The van der Waals surface area contributed by atoms with Gasteiger partial charge in [0.05, 0.1) is 18.2 Å². The largest absolute Gasteiger partial charge is 0.497 e. The van der Waals surface area contributed by atoms with E-state index in [-0.39, 0.29) is 4.90 Å². The van der Waals surface area contributed by atoms with Gasteiger partial charge < -0.3 is 9.26 Å². The monoisotopic (exact) mass is 370 g/mol. The lowest BCUT2D eigenvalue weighted by atomic mass is 10.1. The van der Waals surface area contributed by atoms with Gasteiger partial charge in [0, 0.05) is 25.1 Å². The fraction of sp³-hybridized carbons (Fsp3) is 0.211. The number of fused-ring (bicyclic) bond motifs is 1. The standard InChI is InChI=1S/C19H18N2O4S/c1-24-17-6-2-14(3-7-17)15-4-8-18(9-5-15)26(22,23)21-11-10-19-16(13-21)12-20-25-19/h2-9,12H,10-11,13H2,1H3. The smallest absolute Gasteiger partial charge is 0.243 e. The molecule has 1 aromatic heterocycles. The van der Waals surface area contributed by atoms with Gasteiger partial charge in [0.1, 0.15) is 11.5 Å². The van der Waals surface area contributed by atoms with E-state index in [0.717, 1.165) is 28.2 Å². The molecule has 0 fully saturated rings. The van der Waals surface area contributed by atoms with Gasteiger partial charge in [-0.05, 0) is 35.4 Å². The number of methoxy groups -OCH3 is 1. The van der Waals surface area contributed by atoms with Gasteiger partial charge in [-0.1, -0.05) is 29.4 Å². The minimum absolute atomic E-state index is 0.287. The molecule has 0 amide bonds. The van der Waals surface area contributed by atoms with Crippen molar-refractivity contribution in [3.05, 3.63) is 66.1 Å². The highest BCUT2D eigenvalue weighted by atomic mass is 32.2. The van der Waals surface area contributed by atoms with Crippen molar-refractivity contribution in [1.29, 1.82) is 0 Å². The second-order valence-corrected chi connectivity index (χ2v) is 8.05. The fourth-order valence-corrected chi connectivity index (χ4v) is 4.49. The molecule has 0 aliphatic carbocycles. The molecule has 4 rings (SSSR count). The highest BCUT2D eigenvalue weighted by Gasteiger charge is 2.30. The van der Waals surface area contributed by atoms with Crippen molar-refractivity contribution >= 4 is 10.0 Å². The Morgan fingerprint density at radius 2 is 1.69 bits per heavy atom. The number of aromatic nitrogens is 1. The van der Waals surface area contributed by atoms with Crippen LogP contribution in [-0.4, -0.2) is 31.5 Å². The lowest BCUT2D eigenvalue weighted by Crippen LogP contribution is -2.35. The van der Waals surface area contributed by atoms with Crippen LogP contribution in [0.5, 0.6) is 5.75 Å². The number of ether oxygens (including phenoxy) is 1. The van der Waals surface area contributed by atoms with Crippen LogP contribution in [0.3, 0.4) is 0 Å². The number of hydrogen-bond donors (Lipinski definition) is 0. The molecule has 0 radical (unpaired) electrons. The molecule has 0 saturated carbocycles. The van der Waals surface area contributed by atoms with Crippen LogP contribution in [0.25, 0.3) is 11.1 Å². The number of sulfonamides is 1. The van der Waals surface area contributed by atoms with E-state index in [0.29, 0.717) is 19.5 Å². The molecule has 6 nitrogen and oxygen atoms in total. The molecule has 134 valence electrons. The summed E-state index contributed by atoms with van der Waals surface area (Å²) >= 11 is 0. The predicted octanol–water partition coefficient (Wildman–Crippen LogP) is 3.10. The molecule has 0 atom stereocenters. The minimum atomic E-state index is -3.55. The second-order valence-electron chi connectivity index (χ2n) is 6.12. The third-order valence-corrected chi connectivity index (χ3v) is 6.44. The molecule has 3 aromatic rings. The zero-order chi connectivity index (χ0) is 18.1. The van der Waals surface area contributed by atoms with E-state index >= 15 is 0 Å². The lowest BCUT2D eigenvalue weighted by molar-refractivity contribution is 0.331. The molecule has 1 aliphatic rings. The quantitative estimate of drug-likeness (QED) is 0.706. The summed E-state index contributed by atoms with van der Waals surface area (Å²) in [7, 11) is -1.93. The van der Waals surface area contributed by atoms with E-state index in [2.05, 4.69) is 5.16 Å². The summed E-state index contributed by atoms with van der Waals surface area (Å²) in [5.74, 6) is 1.55. The van der Waals surface area contributed by atoms with Crippen molar-refractivity contribution < 1.29 is 17.7 Å². The van der Waals surface area contributed by atoms with Crippen molar-refractivity contribution in [1.82, 2.24) is 9.46 Å². The first kappa shape index (κ1) is 16.8. The molecule has 7 heteroatoms. The van der Waals surface area contributed by atoms with Crippen molar-refractivity contribution in [2.45, 2.75) is 17.9 Å². The average molecular weight is 370 g/mol. The Hall–Kier alpha value is -2.64. The van der Waals surface area contributed by atoms with Crippen LogP contribution in [0.1, 0.15) is 11.3 Å². The van der Waals surface area contributed by atoms with Crippen molar-refractivity contribution in [3.8, 4) is 16.9 Å². The Morgan fingerprint density at radius 1 is 1.04 bits per heavy atom. The maximum Gasteiger partial charge on any atom is 0.243 e. The highest BCUT2D eigenvalue weighted by Crippen LogP contribution is 2.27. The van der Waals surface area contributed by atoms with Crippen LogP contribution in [0.15, 0.2) is 64.1 Å². The number of benzene rings is 2. The third kappa shape index (κ3) is 3.00. The average Bonchev–Trinajstić information content (AvgIpc) is 3.16. The predicted molar refractivity (Wildman–Crippen MR) is 96.2 cm³/mol. The SMILES string of the molecule is COc1ccc(-c2ccc(S(=O)(=O)N3CCc4oncc4C3)cc2)cc1. The summed E-state index contributed by atoms with van der Waals surface area (Å²) < 4.78 is 37.6. The molecule has 1 aliphatic heterocycles. The van der Waals surface area contributed by atoms with Crippen LogP contribution in [0.2, 0.25) is 0 Å². The van der Waals surface area contributed by atoms with Crippen molar-refractivity contribution in [2.75, 3.05) is 13.7 Å². The second kappa shape index (κ2) is 6.59. The summed E-state index contributed by atoms with van der Waals surface area (Å²) in [4.78, 5) is 0.287. The van der Waals surface area contributed by atoms with Crippen molar-refractivity contribution in [2.24, 2.45) is 0 Å². The van der Waals surface area contributed by atoms with E-state index < -0.39 is 10.0 Å². The Balaban J connectivity index is 1.57. The van der Waals surface area contributed by atoms with E-state index in [9.17, 15) is 8.42 Å². The van der Waals surface area contributed by atoms with E-state index in [1.54, 1.807) is 25.4 Å². The summed E-state index contributed by atoms with van der Waals surface area (Å²) in [6, 6.07) is 14.6. The van der Waals surface area contributed by atoms with Crippen LogP contribution in [0.4, 0.5) is 0 Å². The molecular weight excluding hydrogens is 352 g/mol. The Kier molecular flexibility index (Phi) is 4.26. The van der Waals surface area contributed by atoms with Gasteiger partial charge in [0.2, 0.25) is 10.0 Å². The van der Waals surface area contributed by atoms with Gasteiger partial charge >= 0.3 is 0 Å². The first-order valence-electron chi connectivity index (χ1n) is 8.25. The minimum Gasteiger partial charge on any atom is -0.497 e. The first-order valence-corrected chi connectivity index (χ1v) is 9.69. The van der Waals surface area contributed by atoms with Gasteiger partial charge in [0.25, 0.3) is 0 Å². The van der Waals surface area contributed by atoms with Gasteiger partial charge in [-0.3, -0.25) is 0 Å². The van der Waals surface area contributed by atoms with Crippen molar-refractivity contribution in [3.63, 3.8) is 0 Å². The molecule has 0 N–H and O–H groups in total. The maximum absolute atomic E-state index is 12.9. The number of rotatable bonds is 4. The van der Waals surface area contributed by atoms with Crippen LogP contribution in [-0.2, 0) is 23.0 Å². The van der Waals surface area contributed by atoms with E-state index in [1.165, 1.54) is 4.31 Å². The molecule has 2 heterocycles. The summed E-state index contributed by atoms with van der Waals surface area (Å²) in [5.41, 5.74) is 2.78. The summed E-state index contributed by atoms with van der Waals surface area (Å²) in [5, 5.41) is 3.75. The van der Waals surface area contributed by atoms with Gasteiger partial charge in [-0.15, -0.1) is 0 Å². The Labute approximate surface area is 152 Å². The molecule has 26 heavy (non-hydrogen) atoms. The van der Waals surface area contributed by atoms with Gasteiger partial charge in [-0.25, -0.2) is 8.42 Å². The molecule has 0 saturated heterocycles. The van der Waals surface area contributed by atoms with E-state index in [4.69, 9.17) is 9.26 Å². The Bertz CT molecular complexity index is 1010. The summed E-state index contributed by atoms with van der Waals surface area (Å²) in [6.07, 6.45) is 2.13. The maximum atomic E-state index is 12.9. The molecule has 0 bridgehead atoms. The first-order chi connectivity index (χ1) is 12.6. The normalized spacial score (nSPS) is 14.8. The zero-order valence-electron chi connectivity index (χ0n) is 14.3. The van der Waals surface area contributed by atoms with E-state index in [1.807, 2.05) is 36.4 Å². The molecular formula is C19H18N2O4S. The Morgan fingerprint density at radius 3 is 2.35 bits per heavy atom. The number of hydrogen-bond acceptors (Lipinski definition) is 5. The molecule has 0 unspecified atom stereocenters. The van der Waals surface area contributed by atoms with Crippen LogP contribution < -0.4 is 4.74 Å². The molecule has 0 spiro atoms.